The number of methoxy groups -OCH3 is 1. The summed E-state index contributed by atoms with van der Waals surface area (Å²) in [6, 6.07) is 0. The van der Waals surface area contributed by atoms with Crippen LogP contribution in [0.4, 0.5) is 5.69 Å². The maximum Gasteiger partial charge on any atom is 0.308 e. The highest BCUT2D eigenvalue weighted by Crippen LogP contribution is 2.30. The monoisotopic (exact) mass is 335 g/mol. The van der Waals surface area contributed by atoms with Gasteiger partial charge in [0.05, 0.1) is 37.6 Å². The van der Waals surface area contributed by atoms with Crippen LogP contribution in [0.5, 0.6) is 0 Å². The molecule has 2 fully saturated rings. The summed E-state index contributed by atoms with van der Waals surface area (Å²) in [4.78, 5) is 24.1. The van der Waals surface area contributed by atoms with Crippen LogP contribution in [0.1, 0.15) is 38.5 Å². The van der Waals surface area contributed by atoms with E-state index in [0.717, 1.165) is 38.7 Å². The molecule has 24 heavy (non-hydrogen) atoms. The summed E-state index contributed by atoms with van der Waals surface area (Å²) in [5, 5.41) is 7.20. The number of ether oxygens (including phenoxy) is 2. The third-order valence-electron chi connectivity index (χ3n) is 4.89. The zero-order valence-corrected chi connectivity index (χ0v) is 14.1. The molecule has 7 nitrogen and oxygen atoms in total. The average molecular weight is 335 g/mol. The summed E-state index contributed by atoms with van der Waals surface area (Å²) in [6.07, 6.45) is 8.90. The lowest BCUT2D eigenvalue weighted by Gasteiger charge is -2.26. The fourth-order valence-corrected chi connectivity index (χ4v) is 3.58. The van der Waals surface area contributed by atoms with Crippen molar-refractivity contribution in [2.24, 2.45) is 11.8 Å². The van der Waals surface area contributed by atoms with E-state index >= 15 is 0 Å². The molecule has 1 aliphatic carbocycles. The Bertz CT molecular complexity index is 580. The van der Waals surface area contributed by atoms with Gasteiger partial charge in [-0.3, -0.25) is 14.3 Å². The van der Waals surface area contributed by atoms with E-state index in [1.54, 1.807) is 6.20 Å². The number of anilines is 1. The number of amides is 1. The number of hydrogen-bond acceptors (Lipinski definition) is 5. The molecule has 1 saturated carbocycles. The molecule has 1 aliphatic heterocycles. The molecule has 2 heterocycles. The van der Waals surface area contributed by atoms with Crippen molar-refractivity contribution in [3.8, 4) is 0 Å². The molecule has 0 radical (unpaired) electrons. The van der Waals surface area contributed by atoms with Gasteiger partial charge in [-0.15, -0.1) is 0 Å². The third-order valence-corrected chi connectivity index (χ3v) is 4.89. The predicted molar refractivity (Wildman–Crippen MR) is 87.3 cm³/mol. The van der Waals surface area contributed by atoms with Gasteiger partial charge in [0.2, 0.25) is 5.91 Å². The fraction of sp³-hybridized carbons (Fsp3) is 0.706. The Morgan fingerprint density at radius 1 is 1.33 bits per heavy atom. The summed E-state index contributed by atoms with van der Waals surface area (Å²) in [5.74, 6) is -0.566. The van der Waals surface area contributed by atoms with Crippen molar-refractivity contribution in [3.05, 3.63) is 12.4 Å². The summed E-state index contributed by atoms with van der Waals surface area (Å²) in [7, 11) is 1.40. The van der Waals surface area contributed by atoms with Crippen LogP contribution in [-0.4, -0.2) is 41.5 Å². The highest BCUT2D eigenvalue weighted by molar-refractivity contribution is 5.92. The maximum atomic E-state index is 12.5. The molecule has 0 aromatic carbocycles. The van der Waals surface area contributed by atoms with Gasteiger partial charge >= 0.3 is 5.97 Å². The minimum Gasteiger partial charge on any atom is -0.469 e. The molecular weight excluding hydrogens is 310 g/mol. The second kappa shape index (κ2) is 7.79. The normalized spacial score (nSPS) is 27.0. The van der Waals surface area contributed by atoms with Gasteiger partial charge in [-0.25, -0.2) is 0 Å². The van der Waals surface area contributed by atoms with Crippen molar-refractivity contribution >= 4 is 17.6 Å². The van der Waals surface area contributed by atoms with E-state index < -0.39 is 0 Å². The molecule has 0 unspecified atom stereocenters. The largest absolute Gasteiger partial charge is 0.469 e. The summed E-state index contributed by atoms with van der Waals surface area (Å²) >= 11 is 0. The first-order chi connectivity index (χ1) is 11.7. The number of carbonyl (C=O) groups excluding carboxylic acids is 2. The summed E-state index contributed by atoms with van der Waals surface area (Å²) in [5.41, 5.74) is 0.693. The molecule has 1 saturated heterocycles. The first kappa shape index (κ1) is 17.0. The van der Waals surface area contributed by atoms with Crippen molar-refractivity contribution in [2.45, 2.75) is 51.2 Å². The summed E-state index contributed by atoms with van der Waals surface area (Å²) < 4.78 is 12.2. The maximum absolute atomic E-state index is 12.5. The van der Waals surface area contributed by atoms with E-state index in [0.29, 0.717) is 18.7 Å². The lowest BCUT2D eigenvalue weighted by molar-refractivity contribution is -0.147. The van der Waals surface area contributed by atoms with Gasteiger partial charge in [-0.05, 0) is 32.1 Å². The van der Waals surface area contributed by atoms with Gasteiger partial charge in [0.25, 0.3) is 0 Å². The van der Waals surface area contributed by atoms with E-state index in [-0.39, 0.29) is 29.8 Å². The number of carbonyl (C=O) groups is 2. The van der Waals surface area contributed by atoms with Crippen molar-refractivity contribution in [1.82, 2.24) is 9.78 Å². The van der Waals surface area contributed by atoms with Crippen LogP contribution in [0.15, 0.2) is 12.4 Å². The molecule has 1 amide bonds. The molecule has 2 aliphatic rings. The molecule has 1 aromatic rings. The van der Waals surface area contributed by atoms with Gasteiger partial charge in [0.15, 0.2) is 0 Å². The first-order valence-corrected chi connectivity index (χ1v) is 8.68. The number of nitrogens with one attached hydrogen (secondary N) is 1. The number of hydrogen-bond donors (Lipinski definition) is 1. The van der Waals surface area contributed by atoms with Crippen LogP contribution >= 0.6 is 0 Å². The minimum absolute atomic E-state index is 0.0414. The van der Waals surface area contributed by atoms with E-state index in [1.807, 2.05) is 10.9 Å². The van der Waals surface area contributed by atoms with Gasteiger partial charge in [0, 0.05) is 18.7 Å². The molecule has 1 aromatic heterocycles. The van der Waals surface area contributed by atoms with Crippen LogP contribution in [-0.2, 0) is 25.6 Å². The van der Waals surface area contributed by atoms with Gasteiger partial charge in [-0.2, -0.15) is 5.10 Å². The van der Waals surface area contributed by atoms with Gasteiger partial charge in [-0.1, -0.05) is 6.42 Å². The Kier molecular flexibility index (Phi) is 5.50. The summed E-state index contributed by atoms with van der Waals surface area (Å²) in [6.45, 7) is 1.53. The Labute approximate surface area is 141 Å². The number of nitrogens with zero attached hydrogens (tertiary/aromatic N) is 2. The first-order valence-electron chi connectivity index (χ1n) is 8.68. The highest BCUT2D eigenvalue weighted by Gasteiger charge is 2.31. The van der Waals surface area contributed by atoms with Crippen LogP contribution in [0.2, 0.25) is 0 Å². The van der Waals surface area contributed by atoms with E-state index in [1.165, 1.54) is 7.11 Å². The Morgan fingerprint density at radius 3 is 2.92 bits per heavy atom. The lowest BCUT2D eigenvalue weighted by atomic mass is 9.81. The number of aromatic nitrogens is 2. The Balaban J connectivity index is 1.52. The van der Waals surface area contributed by atoms with Crippen LogP contribution < -0.4 is 5.32 Å². The quantitative estimate of drug-likeness (QED) is 0.832. The molecule has 0 spiro atoms. The zero-order chi connectivity index (χ0) is 16.9. The van der Waals surface area contributed by atoms with E-state index in [2.05, 4.69) is 10.4 Å². The Hall–Kier alpha value is -1.89. The number of esters is 1. The van der Waals surface area contributed by atoms with E-state index in [4.69, 9.17) is 9.47 Å². The number of rotatable bonds is 5. The van der Waals surface area contributed by atoms with Crippen LogP contribution in [0.3, 0.4) is 0 Å². The minimum atomic E-state index is -0.211. The lowest BCUT2D eigenvalue weighted by Crippen LogP contribution is -2.31. The molecular formula is C17H25N3O4. The zero-order valence-electron chi connectivity index (χ0n) is 14.1. The van der Waals surface area contributed by atoms with Crippen molar-refractivity contribution in [1.29, 1.82) is 0 Å². The third kappa shape index (κ3) is 4.14. The van der Waals surface area contributed by atoms with Crippen molar-refractivity contribution < 1.29 is 19.1 Å². The van der Waals surface area contributed by atoms with Gasteiger partial charge < -0.3 is 14.8 Å². The molecule has 7 heteroatoms. The Morgan fingerprint density at radius 2 is 2.17 bits per heavy atom. The van der Waals surface area contributed by atoms with Crippen LogP contribution in [0, 0.1) is 11.8 Å². The standard InChI is InChI=1S/C17H25N3O4/c1-23-17(22)13-5-2-4-12(8-13)16(21)19-14-9-18-20(10-14)11-15-6-3-7-24-15/h9-10,12-13,15H,2-8,11H2,1H3,(H,19,21)/t12-,13-,15+/m1/s1. The predicted octanol–water partition coefficient (Wildman–Crippen LogP) is 1.98. The smallest absolute Gasteiger partial charge is 0.308 e. The highest BCUT2D eigenvalue weighted by atomic mass is 16.5. The molecule has 1 N–H and O–H groups in total. The van der Waals surface area contributed by atoms with Gasteiger partial charge in [0.1, 0.15) is 0 Å². The molecule has 3 rings (SSSR count). The molecule has 132 valence electrons. The molecule has 3 atom stereocenters. The average Bonchev–Trinajstić information content (AvgIpc) is 3.27. The van der Waals surface area contributed by atoms with Crippen molar-refractivity contribution in [2.75, 3.05) is 19.0 Å². The van der Waals surface area contributed by atoms with E-state index in [9.17, 15) is 9.59 Å². The second-order valence-electron chi connectivity index (χ2n) is 6.66. The van der Waals surface area contributed by atoms with Crippen molar-refractivity contribution in [3.63, 3.8) is 0 Å². The van der Waals surface area contributed by atoms with Crippen LogP contribution in [0.25, 0.3) is 0 Å². The molecule has 0 bridgehead atoms. The topological polar surface area (TPSA) is 82.5 Å². The fourth-order valence-electron chi connectivity index (χ4n) is 3.58. The SMILES string of the molecule is COC(=O)[C@@H]1CCC[C@@H](C(=O)Nc2cnn(C[C@@H]3CCCO3)c2)C1. The second-order valence-corrected chi connectivity index (χ2v) is 6.66.